The molecule has 0 saturated heterocycles. The van der Waals surface area contributed by atoms with Gasteiger partial charge in [0, 0.05) is 0 Å². The van der Waals surface area contributed by atoms with Gasteiger partial charge in [0.15, 0.2) is 11.2 Å². The van der Waals surface area contributed by atoms with Crippen LogP contribution in [-0.4, -0.2) is 0 Å². The molecule has 4 heteroatoms. The summed E-state index contributed by atoms with van der Waals surface area (Å²) in [6.07, 6.45) is 3.22. The Kier molecular flexibility index (Phi) is 3.32. The lowest BCUT2D eigenvalue weighted by Crippen LogP contribution is -2.29. The Labute approximate surface area is 106 Å². The van der Waals surface area contributed by atoms with E-state index in [2.05, 4.69) is 0 Å². The molecule has 0 N–H and O–H groups in total. The maximum absolute atomic E-state index is 5.51. The van der Waals surface area contributed by atoms with Gasteiger partial charge in [0.05, 0.1) is 12.5 Å². The first-order valence-corrected chi connectivity index (χ1v) is 5.87. The highest BCUT2D eigenvalue weighted by Crippen LogP contribution is 2.31. The third-order valence-corrected chi connectivity index (χ3v) is 2.69. The molecule has 0 aromatic carbocycles. The molecule has 2 heterocycles. The van der Waals surface area contributed by atoms with Crippen molar-refractivity contribution in [2.45, 2.75) is 38.9 Å². The van der Waals surface area contributed by atoms with Crippen molar-refractivity contribution < 1.29 is 18.6 Å². The highest BCUT2D eigenvalue weighted by Gasteiger charge is 2.32. The van der Waals surface area contributed by atoms with E-state index >= 15 is 0 Å². The zero-order valence-electron chi connectivity index (χ0n) is 11.1. The quantitative estimate of drug-likeness (QED) is 0.594. The lowest BCUT2D eigenvalue weighted by atomic mass is 10.1. The van der Waals surface area contributed by atoms with Crippen molar-refractivity contribution in [3.63, 3.8) is 0 Å². The average molecular weight is 250 g/mol. The molecule has 0 aliphatic rings. The third kappa shape index (κ3) is 2.66. The van der Waals surface area contributed by atoms with E-state index in [0.717, 1.165) is 0 Å². The van der Waals surface area contributed by atoms with Crippen molar-refractivity contribution in [2.75, 3.05) is 0 Å². The molecule has 98 valence electrons. The Bertz CT molecular complexity index is 420. The monoisotopic (exact) mass is 250 g/mol. The Morgan fingerprint density at radius 2 is 1.17 bits per heavy atom. The van der Waals surface area contributed by atoms with Crippen molar-refractivity contribution in [1.82, 2.24) is 0 Å². The minimum Gasteiger partial charge on any atom is -0.466 e. The van der Waals surface area contributed by atoms with Gasteiger partial charge in [-0.2, -0.15) is 0 Å². The smallest absolute Gasteiger partial charge is 0.155 e. The molecule has 0 bridgehead atoms. The van der Waals surface area contributed by atoms with Gasteiger partial charge < -0.3 is 8.83 Å². The van der Waals surface area contributed by atoms with Gasteiger partial charge in [-0.1, -0.05) is 0 Å². The molecule has 0 aliphatic heterocycles. The molecule has 0 spiro atoms. The zero-order chi connectivity index (χ0) is 13.2. The fraction of sp³-hybridized carbons (Fsp3) is 0.429. The number of rotatable bonds is 5. The summed E-state index contributed by atoms with van der Waals surface area (Å²) < 4.78 is 10.7. The van der Waals surface area contributed by atoms with E-state index in [1.807, 2.05) is 52.0 Å². The Balaban J connectivity index is 2.03. The molecule has 2 aromatic heterocycles. The van der Waals surface area contributed by atoms with Crippen molar-refractivity contribution in [1.29, 1.82) is 0 Å². The van der Waals surface area contributed by atoms with Crippen LogP contribution in [-0.2, 0) is 21.0 Å². The largest absolute Gasteiger partial charge is 0.466 e. The molecule has 0 fully saturated rings. The second-order valence-corrected chi connectivity index (χ2v) is 5.14. The van der Waals surface area contributed by atoms with Crippen molar-refractivity contribution in [3.8, 4) is 0 Å². The Morgan fingerprint density at radius 1 is 0.778 bits per heavy atom. The molecule has 0 unspecified atom stereocenters. The van der Waals surface area contributed by atoms with Crippen LogP contribution in [0.1, 0.15) is 39.2 Å². The normalized spacial score (nSPS) is 12.9. The van der Waals surface area contributed by atoms with Gasteiger partial charge >= 0.3 is 0 Å². The summed E-state index contributed by atoms with van der Waals surface area (Å²) in [5.41, 5.74) is -1.32. The highest BCUT2D eigenvalue weighted by atomic mass is 17.2. The number of furan rings is 2. The van der Waals surface area contributed by atoms with Crippen molar-refractivity contribution >= 4 is 0 Å². The van der Waals surface area contributed by atoms with Crippen LogP contribution in [0.4, 0.5) is 0 Å². The van der Waals surface area contributed by atoms with Gasteiger partial charge in [-0.3, -0.25) is 0 Å². The summed E-state index contributed by atoms with van der Waals surface area (Å²) >= 11 is 0. The highest BCUT2D eigenvalue weighted by molar-refractivity contribution is 5.08. The van der Waals surface area contributed by atoms with E-state index in [1.54, 1.807) is 12.5 Å². The maximum atomic E-state index is 5.51. The summed E-state index contributed by atoms with van der Waals surface area (Å²) in [6, 6.07) is 7.34. The summed E-state index contributed by atoms with van der Waals surface area (Å²) in [5, 5.41) is 0. The summed E-state index contributed by atoms with van der Waals surface area (Å²) in [7, 11) is 0. The van der Waals surface area contributed by atoms with E-state index in [-0.39, 0.29) is 0 Å². The van der Waals surface area contributed by atoms with Gasteiger partial charge in [-0.25, -0.2) is 9.78 Å². The predicted octanol–water partition coefficient (Wildman–Crippen LogP) is 3.99. The first-order chi connectivity index (χ1) is 8.42. The molecule has 18 heavy (non-hydrogen) atoms. The first kappa shape index (κ1) is 12.9. The van der Waals surface area contributed by atoms with Crippen LogP contribution in [0.5, 0.6) is 0 Å². The van der Waals surface area contributed by atoms with Gasteiger partial charge in [-0.15, -0.1) is 0 Å². The van der Waals surface area contributed by atoms with E-state index in [4.69, 9.17) is 18.6 Å². The summed E-state index contributed by atoms with van der Waals surface area (Å²) in [5.74, 6) is 1.41. The Morgan fingerprint density at radius 3 is 1.44 bits per heavy atom. The zero-order valence-corrected chi connectivity index (χ0v) is 11.1. The van der Waals surface area contributed by atoms with Crippen LogP contribution in [0.25, 0.3) is 0 Å². The SMILES string of the molecule is CC(C)(OOC(C)(C)c1ccco1)c1ccco1. The molecule has 2 rings (SSSR count). The predicted molar refractivity (Wildman–Crippen MR) is 65.6 cm³/mol. The van der Waals surface area contributed by atoms with Crippen LogP contribution in [0.3, 0.4) is 0 Å². The fourth-order valence-corrected chi connectivity index (χ4v) is 1.53. The van der Waals surface area contributed by atoms with Crippen LogP contribution in [0.15, 0.2) is 45.6 Å². The second-order valence-electron chi connectivity index (χ2n) is 5.14. The minimum absolute atomic E-state index is 0.659. The molecule has 4 nitrogen and oxygen atoms in total. The van der Waals surface area contributed by atoms with Crippen LogP contribution in [0, 0.1) is 0 Å². The number of hydrogen-bond acceptors (Lipinski definition) is 4. The van der Waals surface area contributed by atoms with E-state index in [1.165, 1.54) is 0 Å². The Hall–Kier alpha value is -1.52. The topological polar surface area (TPSA) is 44.7 Å². The summed E-state index contributed by atoms with van der Waals surface area (Å²) in [6.45, 7) is 7.52. The van der Waals surface area contributed by atoms with Crippen LogP contribution < -0.4 is 0 Å². The van der Waals surface area contributed by atoms with Gasteiger partial charge in [0.25, 0.3) is 0 Å². The summed E-state index contributed by atoms with van der Waals surface area (Å²) in [4.78, 5) is 11.0. The van der Waals surface area contributed by atoms with E-state index < -0.39 is 11.2 Å². The lowest BCUT2D eigenvalue weighted by Gasteiger charge is -2.28. The van der Waals surface area contributed by atoms with Crippen LogP contribution in [0.2, 0.25) is 0 Å². The van der Waals surface area contributed by atoms with Gasteiger partial charge in [-0.05, 0) is 52.0 Å². The molecule has 0 radical (unpaired) electrons. The van der Waals surface area contributed by atoms with Crippen molar-refractivity contribution in [3.05, 3.63) is 48.3 Å². The van der Waals surface area contributed by atoms with E-state index in [9.17, 15) is 0 Å². The average Bonchev–Trinajstić information content (AvgIpc) is 2.99. The second kappa shape index (κ2) is 4.63. The molecule has 0 amide bonds. The third-order valence-electron chi connectivity index (χ3n) is 2.69. The molecular formula is C14H18O4. The van der Waals surface area contributed by atoms with Gasteiger partial charge in [0.2, 0.25) is 0 Å². The van der Waals surface area contributed by atoms with E-state index in [0.29, 0.717) is 11.5 Å². The molecule has 0 atom stereocenters. The standard InChI is InChI=1S/C14H18O4/c1-13(2,11-7-5-9-15-11)17-18-14(3,4)12-8-6-10-16-12/h5-10H,1-4H3. The molecular weight excluding hydrogens is 232 g/mol. The minimum atomic E-state index is -0.659. The first-order valence-electron chi connectivity index (χ1n) is 5.87. The van der Waals surface area contributed by atoms with Crippen molar-refractivity contribution in [2.24, 2.45) is 0 Å². The lowest BCUT2D eigenvalue weighted by molar-refractivity contribution is -0.415. The van der Waals surface area contributed by atoms with Crippen LogP contribution >= 0.6 is 0 Å². The van der Waals surface area contributed by atoms with Gasteiger partial charge in [0.1, 0.15) is 11.5 Å². The molecule has 0 saturated carbocycles. The fourth-order valence-electron chi connectivity index (χ4n) is 1.53. The molecule has 2 aromatic rings. The molecule has 0 aliphatic carbocycles. The number of hydrogen-bond donors (Lipinski definition) is 0. The maximum Gasteiger partial charge on any atom is 0.155 e.